The molecule has 1 aromatic rings. The molecule has 0 amide bonds. The van der Waals surface area contributed by atoms with Gasteiger partial charge in [0.2, 0.25) is 11.8 Å². The molecule has 17 heavy (non-hydrogen) atoms. The third-order valence-electron chi connectivity index (χ3n) is 2.76. The van der Waals surface area contributed by atoms with Gasteiger partial charge in [-0.1, -0.05) is 0 Å². The molecule has 0 atom stereocenters. The van der Waals surface area contributed by atoms with Gasteiger partial charge in [0, 0.05) is 51.5 Å². The van der Waals surface area contributed by atoms with Crippen LogP contribution in [-0.4, -0.2) is 61.2 Å². The zero-order chi connectivity index (χ0) is 11.9. The molecule has 1 aliphatic heterocycles. The maximum Gasteiger partial charge on any atom is 0.225 e. The predicted molar refractivity (Wildman–Crippen MR) is 66.4 cm³/mol. The Morgan fingerprint density at radius 3 is 3.06 bits per heavy atom. The van der Waals surface area contributed by atoms with Gasteiger partial charge in [0.15, 0.2) is 0 Å². The summed E-state index contributed by atoms with van der Waals surface area (Å²) in [6.07, 6.45) is 1.69. The van der Waals surface area contributed by atoms with Crippen LogP contribution in [0.3, 0.4) is 0 Å². The first kappa shape index (κ1) is 12.1. The first-order chi connectivity index (χ1) is 8.38. The van der Waals surface area contributed by atoms with E-state index in [9.17, 15) is 0 Å². The number of anilines is 1. The van der Waals surface area contributed by atoms with Gasteiger partial charge in [0.1, 0.15) is 0 Å². The lowest BCUT2D eigenvalue weighted by atomic mass is 10.3. The second kappa shape index (κ2) is 6.36. The molecule has 1 aliphatic rings. The van der Waals surface area contributed by atoms with Crippen LogP contribution < -0.4 is 15.4 Å². The third-order valence-corrected chi connectivity index (χ3v) is 2.76. The van der Waals surface area contributed by atoms with Crippen LogP contribution in [0.2, 0.25) is 0 Å². The van der Waals surface area contributed by atoms with Crippen molar-refractivity contribution in [1.29, 1.82) is 0 Å². The largest absolute Gasteiger partial charge is 0.481 e. The Morgan fingerprint density at radius 2 is 2.29 bits per heavy atom. The van der Waals surface area contributed by atoms with Crippen molar-refractivity contribution >= 4 is 5.95 Å². The zero-order valence-corrected chi connectivity index (χ0v) is 10.1. The number of nitrogens with zero attached hydrogens (tertiary/aromatic N) is 3. The Labute approximate surface area is 101 Å². The highest BCUT2D eigenvalue weighted by Crippen LogP contribution is 2.06. The summed E-state index contributed by atoms with van der Waals surface area (Å²) in [7, 11) is 1.60. The van der Waals surface area contributed by atoms with E-state index in [1.165, 1.54) is 0 Å². The first-order valence-electron chi connectivity index (χ1n) is 5.92. The van der Waals surface area contributed by atoms with Crippen LogP contribution in [0.15, 0.2) is 12.3 Å². The normalized spacial score (nSPS) is 16.8. The topological polar surface area (TPSA) is 62.3 Å². The lowest BCUT2D eigenvalue weighted by molar-refractivity contribution is 0.249. The molecule has 0 unspecified atom stereocenters. The fraction of sp³-hybridized carbons (Fsp3) is 0.636. The molecule has 6 nitrogen and oxygen atoms in total. The Morgan fingerprint density at radius 1 is 1.47 bits per heavy atom. The van der Waals surface area contributed by atoms with Crippen LogP contribution in [0.25, 0.3) is 0 Å². The molecule has 0 aliphatic carbocycles. The van der Waals surface area contributed by atoms with Crippen LogP contribution in [0, 0.1) is 0 Å². The second-order valence-corrected chi connectivity index (χ2v) is 3.94. The van der Waals surface area contributed by atoms with Crippen LogP contribution in [0.1, 0.15) is 0 Å². The number of nitrogens with one attached hydrogen (secondary N) is 2. The van der Waals surface area contributed by atoms with Crippen LogP contribution in [0.5, 0.6) is 5.88 Å². The fourth-order valence-corrected chi connectivity index (χ4v) is 1.80. The summed E-state index contributed by atoms with van der Waals surface area (Å²) in [5.41, 5.74) is 0. The van der Waals surface area contributed by atoms with Gasteiger partial charge in [0.05, 0.1) is 7.11 Å². The molecule has 0 saturated carbocycles. The minimum atomic E-state index is 0.588. The molecular formula is C11H19N5O. The number of hydrogen-bond donors (Lipinski definition) is 2. The predicted octanol–water partition coefficient (Wildman–Crippen LogP) is -0.198. The molecule has 94 valence electrons. The summed E-state index contributed by atoms with van der Waals surface area (Å²) < 4.78 is 5.04. The number of aromatic nitrogens is 2. The molecule has 0 spiro atoms. The lowest BCUT2D eigenvalue weighted by Crippen LogP contribution is -2.45. The molecule has 2 N–H and O–H groups in total. The lowest BCUT2D eigenvalue weighted by Gasteiger charge is -2.27. The van der Waals surface area contributed by atoms with Crippen molar-refractivity contribution in [3.63, 3.8) is 0 Å². The van der Waals surface area contributed by atoms with Crippen molar-refractivity contribution < 1.29 is 4.74 Å². The number of ether oxygens (including phenoxy) is 1. The number of rotatable bonds is 5. The van der Waals surface area contributed by atoms with E-state index >= 15 is 0 Å². The molecule has 1 aromatic heterocycles. The maximum atomic E-state index is 5.04. The van der Waals surface area contributed by atoms with E-state index < -0.39 is 0 Å². The highest BCUT2D eigenvalue weighted by molar-refractivity contribution is 5.27. The van der Waals surface area contributed by atoms with Crippen molar-refractivity contribution in [2.24, 2.45) is 0 Å². The summed E-state index contributed by atoms with van der Waals surface area (Å²) >= 11 is 0. The molecule has 0 radical (unpaired) electrons. The smallest absolute Gasteiger partial charge is 0.225 e. The Hall–Kier alpha value is -1.40. The molecule has 6 heteroatoms. The van der Waals surface area contributed by atoms with Gasteiger partial charge in [-0.2, -0.15) is 4.98 Å². The molecular weight excluding hydrogens is 218 g/mol. The fourth-order valence-electron chi connectivity index (χ4n) is 1.80. The van der Waals surface area contributed by atoms with Crippen molar-refractivity contribution in [3.05, 3.63) is 12.3 Å². The third kappa shape index (κ3) is 3.83. The average molecular weight is 237 g/mol. The summed E-state index contributed by atoms with van der Waals surface area (Å²) in [5, 5.41) is 6.54. The summed E-state index contributed by atoms with van der Waals surface area (Å²) in [6.45, 7) is 6.25. The quantitative estimate of drug-likeness (QED) is 0.739. The average Bonchev–Trinajstić information content (AvgIpc) is 2.40. The van der Waals surface area contributed by atoms with E-state index in [0.717, 1.165) is 39.3 Å². The van der Waals surface area contributed by atoms with Crippen molar-refractivity contribution in [1.82, 2.24) is 20.2 Å². The van der Waals surface area contributed by atoms with Gasteiger partial charge in [-0.05, 0) is 0 Å². The Bertz CT molecular complexity index is 340. The van der Waals surface area contributed by atoms with Crippen molar-refractivity contribution in [2.45, 2.75) is 0 Å². The Kier molecular flexibility index (Phi) is 4.52. The SMILES string of the molecule is COc1ccnc(NCCN2CCNCC2)n1. The van der Waals surface area contributed by atoms with E-state index in [4.69, 9.17) is 4.74 Å². The minimum Gasteiger partial charge on any atom is -0.481 e. The highest BCUT2D eigenvalue weighted by Gasteiger charge is 2.08. The zero-order valence-electron chi connectivity index (χ0n) is 10.1. The van der Waals surface area contributed by atoms with E-state index in [1.807, 2.05) is 0 Å². The van der Waals surface area contributed by atoms with Crippen LogP contribution in [-0.2, 0) is 0 Å². The van der Waals surface area contributed by atoms with Gasteiger partial charge in [-0.15, -0.1) is 0 Å². The van der Waals surface area contributed by atoms with Crippen molar-refractivity contribution in [2.75, 3.05) is 51.7 Å². The minimum absolute atomic E-state index is 0.588. The molecule has 0 aromatic carbocycles. The number of hydrogen-bond acceptors (Lipinski definition) is 6. The molecule has 1 saturated heterocycles. The van der Waals surface area contributed by atoms with Gasteiger partial charge in [-0.3, -0.25) is 4.90 Å². The van der Waals surface area contributed by atoms with E-state index in [1.54, 1.807) is 19.4 Å². The summed E-state index contributed by atoms with van der Waals surface area (Å²) in [4.78, 5) is 10.8. The molecule has 1 fully saturated rings. The second-order valence-electron chi connectivity index (χ2n) is 3.94. The summed E-state index contributed by atoms with van der Waals surface area (Å²) in [5.74, 6) is 1.21. The van der Waals surface area contributed by atoms with Crippen molar-refractivity contribution in [3.8, 4) is 5.88 Å². The van der Waals surface area contributed by atoms with E-state index in [2.05, 4.69) is 25.5 Å². The maximum absolute atomic E-state index is 5.04. The molecule has 2 heterocycles. The monoisotopic (exact) mass is 237 g/mol. The first-order valence-corrected chi connectivity index (χ1v) is 5.92. The van der Waals surface area contributed by atoms with Gasteiger partial charge in [-0.25, -0.2) is 4.98 Å². The number of methoxy groups -OCH3 is 1. The van der Waals surface area contributed by atoms with E-state index in [0.29, 0.717) is 11.8 Å². The van der Waals surface area contributed by atoms with E-state index in [-0.39, 0.29) is 0 Å². The highest BCUT2D eigenvalue weighted by atomic mass is 16.5. The van der Waals surface area contributed by atoms with Gasteiger partial charge in [0.25, 0.3) is 0 Å². The molecule has 0 bridgehead atoms. The van der Waals surface area contributed by atoms with Gasteiger partial charge < -0.3 is 15.4 Å². The molecule has 2 rings (SSSR count). The Balaban J connectivity index is 1.73. The summed E-state index contributed by atoms with van der Waals surface area (Å²) in [6, 6.07) is 1.74. The van der Waals surface area contributed by atoms with Crippen LogP contribution >= 0.6 is 0 Å². The standard InChI is InChI=1S/C11H19N5O/c1-17-10-2-3-13-11(15-10)14-6-9-16-7-4-12-5-8-16/h2-3,12H,4-9H2,1H3,(H,13,14,15). The van der Waals surface area contributed by atoms with Crippen LogP contribution in [0.4, 0.5) is 5.95 Å². The van der Waals surface area contributed by atoms with Gasteiger partial charge >= 0.3 is 0 Å². The number of piperazine rings is 1.